The lowest BCUT2D eigenvalue weighted by Crippen LogP contribution is -2.30. The van der Waals surface area contributed by atoms with Crippen molar-refractivity contribution in [3.63, 3.8) is 0 Å². The molecule has 4 rings (SSSR count). The molecule has 1 N–H and O–H groups in total. The van der Waals surface area contributed by atoms with Gasteiger partial charge in [-0.3, -0.25) is 14.4 Å². The van der Waals surface area contributed by atoms with E-state index in [-0.39, 0.29) is 24.9 Å². The third-order valence-electron chi connectivity index (χ3n) is 5.70. The lowest BCUT2D eigenvalue weighted by atomic mass is 10.1. The van der Waals surface area contributed by atoms with Gasteiger partial charge in [0, 0.05) is 18.7 Å². The molecule has 1 saturated heterocycles. The number of rotatable bonds is 8. The van der Waals surface area contributed by atoms with E-state index in [0.29, 0.717) is 17.2 Å². The Kier molecular flexibility index (Phi) is 7.22. The molecule has 0 saturated carbocycles. The third-order valence-corrected chi connectivity index (χ3v) is 5.70. The number of nitrogens with zero attached hydrogens (tertiary/aromatic N) is 1. The molecule has 0 bridgehead atoms. The summed E-state index contributed by atoms with van der Waals surface area (Å²) in [5, 5.41) is 2.69. The van der Waals surface area contributed by atoms with Gasteiger partial charge in [0.15, 0.2) is 6.61 Å². The second kappa shape index (κ2) is 10.7. The summed E-state index contributed by atoms with van der Waals surface area (Å²) in [5.74, 6) is -0.327. The number of para-hydroxylation sites is 1. The van der Waals surface area contributed by atoms with Gasteiger partial charge < -0.3 is 19.7 Å². The summed E-state index contributed by atoms with van der Waals surface area (Å²) in [6, 6.07) is 25.8. The van der Waals surface area contributed by atoms with E-state index in [0.717, 1.165) is 5.56 Å². The first-order chi connectivity index (χ1) is 16.5. The summed E-state index contributed by atoms with van der Waals surface area (Å²) >= 11 is 0. The van der Waals surface area contributed by atoms with E-state index in [2.05, 4.69) is 5.32 Å². The van der Waals surface area contributed by atoms with Crippen molar-refractivity contribution < 1.29 is 23.9 Å². The fourth-order valence-corrected chi connectivity index (χ4v) is 3.86. The van der Waals surface area contributed by atoms with Crippen molar-refractivity contribution in [2.45, 2.75) is 19.4 Å². The third kappa shape index (κ3) is 5.81. The Morgan fingerprint density at radius 1 is 0.941 bits per heavy atom. The minimum Gasteiger partial charge on any atom is -0.457 e. The maximum atomic E-state index is 12.5. The summed E-state index contributed by atoms with van der Waals surface area (Å²) in [4.78, 5) is 38.8. The summed E-state index contributed by atoms with van der Waals surface area (Å²) < 4.78 is 10.9. The molecule has 0 radical (unpaired) electrons. The standard InChI is InChI=1S/C27H26N2O5/c1-19(20-8-4-2-5-9-20)29-17-21(16-26(29)31)27(32)33-18-25(30)28-22-12-14-24(15-13-22)34-23-10-6-3-7-11-23/h2-15,19,21H,16-18H2,1H3,(H,28,30)/t19-,21-/m1/s1. The highest BCUT2D eigenvalue weighted by Gasteiger charge is 2.38. The van der Waals surface area contributed by atoms with Crippen molar-refractivity contribution in [3.05, 3.63) is 90.5 Å². The Labute approximate surface area is 198 Å². The molecule has 7 nitrogen and oxygen atoms in total. The molecule has 174 valence electrons. The first-order valence-electron chi connectivity index (χ1n) is 11.1. The molecule has 0 aromatic heterocycles. The molecule has 1 aliphatic rings. The Bertz CT molecular complexity index is 1130. The predicted octanol–water partition coefficient (Wildman–Crippen LogP) is 4.57. The highest BCUT2D eigenvalue weighted by Crippen LogP contribution is 2.29. The van der Waals surface area contributed by atoms with Crippen molar-refractivity contribution in [1.82, 2.24) is 4.90 Å². The highest BCUT2D eigenvalue weighted by molar-refractivity contribution is 5.93. The summed E-state index contributed by atoms with van der Waals surface area (Å²) in [5.41, 5.74) is 1.56. The first kappa shape index (κ1) is 23.0. The van der Waals surface area contributed by atoms with Crippen molar-refractivity contribution in [3.8, 4) is 11.5 Å². The minimum absolute atomic E-state index is 0.0838. The maximum absolute atomic E-state index is 12.5. The predicted molar refractivity (Wildman–Crippen MR) is 127 cm³/mol. The SMILES string of the molecule is C[C@H](c1ccccc1)N1C[C@H](C(=O)OCC(=O)Nc2ccc(Oc3ccccc3)cc2)CC1=O. The lowest BCUT2D eigenvalue weighted by Gasteiger charge is -2.25. The number of carbonyl (C=O) groups is 3. The number of ether oxygens (including phenoxy) is 2. The topological polar surface area (TPSA) is 84.9 Å². The molecule has 0 unspecified atom stereocenters. The van der Waals surface area contributed by atoms with Crippen molar-refractivity contribution in [2.24, 2.45) is 5.92 Å². The van der Waals surface area contributed by atoms with E-state index in [1.54, 1.807) is 29.2 Å². The van der Waals surface area contributed by atoms with Crippen LogP contribution >= 0.6 is 0 Å². The smallest absolute Gasteiger partial charge is 0.311 e. The number of esters is 1. The highest BCUT2D eigenvalue weighted by atomic mass is 16.5. The van der Waals surface area contributed by atoms with Crippen LogP contribution in [-0.2, 0) is 19.1 Å². The van der Waals surface area contributed by atoms with Gasteiger partial charge in [-0.2, -0.15) is 0 Å². The van der Waals surface area contributed by atoms with Gasteiger partial charge in [0.2, 0.25) is 5.91 Å². The van der Waals surface area contributed by atoms with Crippen molar-refractivity contribution >= 4 is 23.5 Å². The zero-order valence-corrected chi connectivity index (χ0v) is 18.8. The van der Waals surface area contributed by atoms with Gasteiger partial charge in [-0.25, -0.2) is 0 Å². The molecular weight excluding hydrogens is 432 g/mol. The van der Waals surface area contributed by atoms with Crippen LogP contribution < -0.4 is 10.1 Å². The number of anilines is 1. The molecule has 1 aliphatic heterocycles. The van der Waals surface area contributed by atoms with Crippen LogP contribution in [0.4, 0.5) is 5.69 Å². The molecule has 3 aromatic carbocycles. The Balaban J connectivity index is 1.24. The van der Waals surface area contributed by atoms with E-state index in [1.165, 1.54) is 0 Å². The van der Waals surface area contributed by atoms with Crippen LogP contribution in [0.25, 0.3) is 0 Å². The largest absolute Gasteiger partial charge is 0.457 e. The molecule has 0 aliphatic carbocycles. The van der Waals surface area contributed by atoms with Gasteiger partial charge in [-0.05, 0) is 48.9 Å². The molecule has 34 heavy (non-hydrogen) atoms. The fraction of sp³-hybridized carbons (Fsp3) is 0.222. The number of likely N-dealkylation sites (tertiary alicyclic amines) is 1. The van der Waals surface area contributed by atoms with Crippen molar-refractivity contribution in [2.75, 3.05) is 18.5 Å². The normalized spacial score (nSPS) is 16.1. The Morgan fingerprint density at radius 3 is 2.24 bits per heavy atom. The maximum Gasteiger partial charge on any atom is 0.311 e. The summed E-state index contributed by atoms with van der Waals surface area (Å²) in [6.45, 7) is 1.79. The summed E-state index contributed by atoms with van der Waals surface area (Å²) in [6.07, 6.45) is 0.0838. The lowest BCUT2D eigenvalue weighted by molar-refractivity contribution is -0.151. The van der Waals surface area contributed by atoms with E-state index in [9.17, 15) is 14.4 Å². The summed E-state index contributed by atoms with van der Waals surface area (Å²) in [7, 11) is 0. The molecule has 3 aromatic rings. The molecule has 2 atom stereocenters. The van der Waals surface area contributed by atoms with Gasteiger partial charge >= 0.3 is 5.97 Å². The van der Waals surface area contributed by atoms with Crippen LogP contribution in [0.1, 0.15) is 24.9 Å². The zero-order valence-electron chi connectivity index (χ0n) is 18.8. The van der Waals surface area contributed by atoms with E-state index >= 15 is 0 Å². The molecule has 2 amide bonds. The monoisotopic (exact) mass is 458 g/mol. The number of carbonyl (C=O) groups excluding carboxylic acids is 3. The van der Waals surface area contributed by atoms with E-state index < -0.39 is 24.4 Å². The molecule has 0 spiro atoms. The second-order valence-corrected chi connectivity index (χ2v) is 8.13. The second-order valence-electron chi connectivity index (χ2n) is 8.13. The van der Waals surface area contributed by atoms with Crippen LogP contribution in [0.15, 0.2) is 84.9 Å². The number of amides is 2. The van der Waals surface area contributed by atoms with Crippen LogP contribution in [0.2, 0.25) is 0 Å². The molecule has 7 heteroatoms. The molecule has 1 heterocycles. The first-order valence-corrected chi connectivity index (χ1v) is 11.1. The van der Waals surface area contributed by atoms with Crippen LogP contribution in [0.3, 0.4) is 0 Å². The van der Waals surface area contributed by atoms with E-state index in [1.807, 2.05) is 67.6 Å². The number of benzene rings is 3. The van der Waals surface area contributed by atoms with Gasteiger partial charge in [-0.15, -0.1) is 0 Å². The molecule has 1 fully saturated rings. The Hall–Kier alpha value is -4.13. The quantitative estimate of drug-likeness (QED) is 0.500. The van der Waals surface area contributed by atoms with Gasteiger partial charge in [-0.1, -0.05) is 48.5 Å². The number of nitrogens with one attached hydrogen (secondary N) is 1. The Morgan fingerprint density at radius 2 is 1.56 bits per heavy atom. The van der Waals surface area contributed by atoms with Gasteiger partial charge in [0.1, 0.15) is 11.5 Å². The van der Waals surface area contributed by atoms with Gasteiger partial charge in [0.25, 0.3) is 5.91 Å². The fourth-order valence-electron chi connectivity index (χ4n) is 3.86. The van der Waals surface area contributed by atoms with E-state index in [4.69, 9.17) is 9.47 Å². The minimum atomic E-state index is -0.583. The number of hydrogen-bond acceptors (Lipinski definition) is 5. The van der Waals surface area contributed by atoms with Gasteiger partial charge in [0.05, 0.1) is 12.0 Å². The number of hydrogen-bond donors (Lipinski definition) is 1. The van der Waals surface area contributed by atoms with Crippen molar-refractivity contribution in [1.29, 1.82) is 0 Å². The average Bonchev–Trinajstić information content (AvgIpc) is 3.26. The zero-order chi connectivity index (χ0) is 23.9. The average molecular weight is 459 g/mol. The van der Waals surface area contributed by atoms with Crippen LogP contribution in [-0.4, -0.2) is 35.8 Å². The van der Waals surface area contributed by atoms with Crippen LogP contribution in [0, 0.1) is 5.92 Å². The van der Waals surface area contributed by atoms with Crippen LogP contribution in [0.5, 0.6) is 11.5 Å². The molecular formula is C27H26N2O5.